The van der Waals surface area contributed by atoms with Crippen LogP contribution in [0.4, 0.5) is 0 Å². The topological polar surface area (TPSA) is 94.5 Å². The van der Waals surface area contributed by atoms with Gasteiger partial charge in [0.25, 0.3) is 11.7 Å². The molecule has 1 aliphatic rings. The van der Waals surface area contributed by atoms with Crippen LogP contribution in [-0.2, 0) is 9.59 Å². The molecular formula is C31H33NO7. The molecular weight excluding hydrogens is 498 g/mol. The highest BCUT2D eigenvalue weighted by molar-refractivity contribution is 6.46. The maximum absolute atomic E-state index is 13.3. The summed E-state index contributed by atoms with van der Waals surface area (Å²) in [5, 5.41) is 11.4. The second kappa shape index (κ2) is 12.4. The predicted molar refractivity (Wildman–Crippen MR) is 147 cm³/mol. The molecule has 0 aromatic heterocycles. The number of methoxy groups -OCH3 is 2. The van der Waals surface area contributed by atoms with Crippen LogP contribution in [0.5, 0.6) is 23.0 Å². The zero-order valence-corrected chi connectivity index (χ0v) is 22.5. The molecule has 1 saturated heterocycles. The SMILES string of the molecule is COc1ccc(OCCN2C(=O)C(=O)/C(=C(\O)c3cccc(OCC(C)C)c3)C2c2cccc(OC)c2)cc1. The van der Waals surface area contributed by atoms with Gasteiger partial charge in [-0.25, -0.2) is 0 Å². The average molecular weight is 532 g/mol. The van der Waals surface area contributed by atoms with Crippen LogP contribution in [0, 0.1) is 5.92 Å². The summed E-state index contributed by atoms with van der Waals surface area (Å²) in [7, 11) is 3.13. The summed E-state index contributed by atoms with van der Waals surface area (Å²) >= 11 is 0. The summed E-state index contributed by atoms with van der Waals surface area (Å²) in [5.41, 5.74) is 1.02. The minimum atomic E-state index is -0.834. The highest BCUT2D eigenvalue weighted by atomic mass is 16.5. The van der Waals surface area contributed by atoms with Crippen molar-refractivity contribution in [3.8, 4) is 23.0 Å². The Bertz CT molecular complexity index is 1350. The van der Waals surface area contributed by atoms with Crippen molar-refractivity contribution in [1.29, 1.82) is 0 Å². The van der Waals surface area contributed by atoms with Gasteiger partial charge in [-0.1, -0.05) is 38.1 Å². The van der Waals surface area contributed by atoms with Crippen molar-refractivity contribution < 1.29 is 33.6 Å². The van der Waals surface area contributed by atoms with Crippen LogP contribution < -0.4 is 18.9 Å². The van der Waals surface area contributed by atoms with E-state index in [1.165, 1.54) is 4.90 Å². The molecule has 0 spiro atoms. The number of aliphatic hydroxyl groups is 1. The van der Waals surface area contributed by atoms with Gasteiger partial charge in [0.15, 0.2) is 0 Å². The van der Waals surface area contributed by atoms with Gasteiger partial charge in [0.2, 0.25) is 0 Å². The number of benzene rings is 3. The predicted octanol–water partition coefficient (Wildman–Crippen LogP) is 5.24. The molecule has 1 heterocycles. The van der Waals surface area contributed by atoms with Crippen LogP contribution in [0.15, 0.2) is 78.4 Å². The van der Waals surface area contributed by atoms with Crippen molar-refractivity contribution in [2.45, 2.75) is 19.9 Å². The molecule has 4 rings (SSSR count). The normalized spacial score (nSPS) is 16.4. The first-order valence-corrected chi connectivity index (χ1v) is 12.7. The van der Waals surface area contributed by atoms with Gasteiger partial charge in [-0.05, 0) is 60.0 Å². The number of rotatable bonds is 11. The minimum Gasteiger partial charge on any atom is -0.507 e. The maximum Gasteiger partial charge on any atom is 0.295 e. The largest absolute Gasteiger partial charge is 0.507 e. The van der Waals surface area contributed by atoms with E-state index in [2.05, 4.69) is 0 Å². The van der Waals surface area contributed by atoms with Gasteiger partial charge >= 0.3 is 0 Å². The molecule has 1 unspecified atom stereocenters. The zero-order valence-electron chi connectivity index (χ0n) is 22.5. The van der Waals surface area contributed by atoms with E-state index in [0.717, 1.165) is 0 Å². The Balaban J connectivity index is 1.68. The summed E-state index contributed by atoms with van der Waals surface area (Å²) in [6, 6.07) is 20.2. The fraction of sp³-hybridized carbons (Fsp3) is 0.290. The first-order valence-electron chi connectivity index (χ1n) is 12.7. The van der Waals surface area contributed by atoms with Gasteiger partial charge in [-0.15, -0.1) is 0 Å². The summed E-state index contributed by atoms with van der Waals surface area (Å²) in [5.74, 6) is 1.00. The van der Waals surface area contributed by atoms with Crippen LogP contribution in [0.3, 0.4) is 0 Å². The fourth-order valence-electron chi connectivity index (χ4n) is 4.35. The lowest BCUT2D eigenvalue weighted by Crippen LogP contribution is -2.33. The number of Topliss-reactive ketones (excluding diaryl/α,β-unsaturated/α-hetero) is 1. The number of carbonyl (C=O) groups is 2. The molecule has 1 fully saturated rings. The molecule has 8 heteroatoms. The number of ketones is 1. The Hall–Kier alpha value is -4.46. The minimum absolute atomic E-state index is 0.00119. The smallest absolute Gasteiger partial charge is 0.295 e. The second-order valence-electron chi connectivity index (χ2n) is 9.53. The summed E-state index contributed by atoms with van der Waals surface area (Å²) in [6.07, 6.45) is 0. The number of hydrogen-bond donors (Lipinski definition) is 1. The van der Waals surface area contributed by atoms with Crippen molar-refractivity contribution in [2.75, 3.05) is 34.0 Å². The van der Waals surface area contributed by atoms with E-state index in [1.807, 2.05) is 13.8 Å². The van der Waals surface area contributed by atoms with E-state index in [-0.39, 0.29) is 24.5 Å². The third-order valence-electron chi connectivity index (χ3n) is 6.30. The Kier molecular flexibility index (Phi) is 8.76. The molecule has 0 radical (unpaired) electrons. The molecule has 3 aromatic carbocycles. The van der Waals surface area contributed by atoms with E-state index in [1.54, 1.807) is 87.0 Å². The van der Waals surface area contributed by atoms with Gasteiger partial charge in [0.1, 0.15) is 35.4 Å². The summed E-state index contributed by atoms with van der Waals surface area (Å²) in [4.78, 5) is 28.0. The second-order valence-corrected chi connectivity index (χ2v) is 9.53. The van der Waals surface area contributed by atoms with Crippen LogP contribution >= 0.6 is 0 Å². The Morgan fingerprint density at radius 2 is 1.51 bits per heavy atom. The summed E-state index contributed by atoms with van der Waals surface area (Å²) < 4.78 is 22.2. The molecule has 1 aliphatic heterocycles. The van der Waals surface area contributed by atoms with Gasteiger partial charge in [-0.2, -0.15) is 0 Å². The molecule has 39 heavy (non-hydrogen) atoms. The number of amides is 1. The lowest BCUT2D eigenvalue weighted by atomic mass is 9.95. The Labute approximate surface area is 228 Å². The van der Waals surface area contributed by atoms with Gasteiger partial charge < -0.3 is 29.0 Å². The number of hydrogen-bond acceptors (Lipinski definition) is 7. The van der Waals surface area contributed by atoms with Crippen LogP contribution in [0.25, 0.3) is 5.76 Å². The number of aliphatic hydroxyl groups excluding tert-OH is 1. The van der Waals surface area contributed by atoms with Crippen molar-refractivity contribution in [3.63, 3.8) is 0 Å². The maximum atomic E-state index is 13.3. The van der Waals surface area contributed by atoms with Crippen molar-refractivity contribution in [1.82, 2.24) is 4.90 Å². The third-order valence-corrected chi connectivity index (χ3v) is 6.30. The van der Waals surface area contributed by atoms with Crippen LogP contribution in [0.2, 0.25) is 0 Å². The number of nitrogens with zero attached hydrogens (tertiary/aromatic N) is 1. The van der Waals surface area contributed by atoms with Crippen LogP contribution in [-0.4, -0.2) is 55.7 Å². The summed E-state index contributed by atoms with van der Waals surface area (Å²) in [6.45, 7) is 4.84. The molecule has 8 nitrogen and oxygen atoms in total. The Morgan fingerprint density at radius 1 is 0.846 bits per heavy atom. The number of likely N-dealkylation sites (tertiary alicyclic amines) is 1. The monoisotopic (exact) mass is 531 g/mol. The lowest BCUT2D eigenvalue weighted by Gasteiger charge is -2.25. The molecule has 0 aliphatic carbocycles. The van der Waals surface area contributed by atoms with E-state index in [4.69, 9.17) is 18.9 Å². The van der Waals surface area contributed by atoms with Gasteiger partial charge in [0, 0.05) is 5.56 Å². The van der Waals surface area contributed by atoms with Crippen molar-refractivity contribution in [2.24, 2.45) is 5.92 Å². The molecule has 204 valence electrons. The molecule has 1 amide bonds. The first-order chi connectivity index (χ1) is 18.8. The fourth-order valence-corrected chi connectivity index (χ4v) is 4.35. The van der Waals surface area contributed by atoms with Gasteiger partial charge in [-0.3, -0.25) is 9.59 Å². The average Bonchev–Trinajstić information content (AvgIpc) is 3.21. The van der Waals surface area contributed by atoms with Crippen LogP contribution in [0.1, 0.15) is 31.0 Å². The van der Waals surface area contributed by atoms with Crippen molar-refractivity contribution in [3.05, 3.63) is 89.5 Å². The highest BCUT2D eigenvalue weighted by Gasteiger charge is 2.46. The lowest BCUT2D eigenvalue weighted by molar-refractivity contribution is -0.140. The molecule has 0 saturated carbocycles. The Morgan fingerprint density at radius 3 is 2.21 bits per heavy atom. The standard InChI is InChI=1S/C31H33NO7/c1-20(2)19-39-26-10-6-8-22(18-26)29(33)27-28(21-7-5-9-25(17-21)37-4)32(31(35)30(27)34)15-16-38-24-13-11-23(36-3)12-14-24/h5-14,17-18,20,28,33H,15-16,19H2,1-4H3/b29-27-. The molecule has 0 bridgehead atoms. The first kappa shape index (κ1) is 27.6. The van der Waals surface area contributed by atoms with Crippen molar-refractivity contribution >= 4 is 17.4 Å². The molecule has 3 aromatic rings. The van der Waals surface area contributed by atoms with E-state index in [9.17, 15) is 14.7 Å². The quantitative estimate of drug-likeness (QED) is 0.205. The van der Waals surface area contributed by atoms with E-state index >= 15 is 0 Å². The van der Waals surface area contributed by atoms with E-state index < -0.39 is 17.7 Å². The molecule has 1 atom stereocenters. The molecule has 1 N–H and O–H groups in total. The van der Waals surface area contributed by atoms with Gasteiger partial charge in [0.05, 0.1) is 39.0 Å². The highest BCUT2D eigenvalue weighted by Crippen LogP contribution is 2.40. The zero-order chi connectivity index (χ0) is 27.9. The van der Waals surface area contributed by atoms with E-state index in [0.29, 0.717) is 46.6 Å². The number of ether oxygens (including phenoxy) is 4. The number of carbonyl (C=O) groups excluding carboxylic acids is 2. The third kappa shape index (κ3) is 6.34.